The fourth-order valence-corrected chi connectivity index (χ4v) is 1.82. The van der Waals surface area contributed by atoms with Crippen LogP contribution in [-0.4, -0.2) is 36.6 Å². The van der Waals surface area contributed by atoms with Crippen LogP contribution in [0.25, 0.3) is 0 Å². The number of nitrogens with zero attached hydrogens (tertiary/aromatic N) is 1. The molecule has 10 nitrogen and oxygen atoms in total. The molecule has 1 aromatic heterocycles. The lowest BCUT2D eigenvalue weighted by Crippen LogP contribution is -2.37. The Morgan fingerprint density at radius 3 is 2.74 bits per heavy atom. The zero-order chi connectivity index (χ0) is 14.6. The Morgan fingerprint density at radius 2 is 2.21 bits per heavy atom. The standard InChI is InChI=1S/C8H14N6O4S/c1-4(2)18-8(15)14-19(16,17)13-7-5(6(9)10)3-11-12-7/h3-4H,1-2H3,(H3,9,10)(H,14,15)(H2,11,12,13). The molecule has 0 radical (unpaired) electrons. The summed E-state index contributed by atoms with van der Waals surface area (Å²) in [6.07, 6.45) is -0.409. The second-order valence-electron chi connectivity index (χ2n) is 3.73. The zero-order valence-electron chi connectivity index (χ0n) is 10.2. The predicted molar refractivity (Wildman–Crippen MR) is 66.9 cm³/mol. The van der Waals surface area contributed by atoms with Crippen LogP contribution in [0.4, 0.5) is 10.6 Å². The summed E-state index contributed by atoms with van der Waals surface area (Å²) >= 11 is 0. The van der Waals surface area contributed by atoms with E-state index in [1.165, 1.54) is 6.20 Å². The van der Waals surface area contributed by atoms with E-state index in [0.29, 0.717) is 0 Å². The maximum atomic E-state index is 11.6. The molecule has 19 heavy (non-hydrogen) atoms. The molecule has 0 saturated carbocycles. The van der Waals surface area contributed by atoms with Gasteiger partial charge in [-0.25, -0.2) is 14.2 Å². The number of hydrogen-bond acceptors (Lipinski definition) is 6. The van der Waals surface area contributed by atoms with E-state index in [1.807, 2.05) is 4.72 Å². The first kappa shape index (κ1) is 14.8. The van der Waals surface area contributed by atoms with E-state index >= 15 is 0 Å². The molecule has 0 aliphatic carbocycles. The zero-order valence-corrected chi connectivity index (χ0v) is 11.0. The number of aromatic amines is 1. The van der Waals surface area contributed by atoms with Gasteiger partial charge in [-0.05, 0) is 13.8 Å². The van der Waals surface area contributed by atoms with Gasteiger partial charge in [0.05, 0.1) is 17.9 Å². The van der Waals surface area contributed by atoms with E-state index in [9.17, 15) is 13.2 Å². The number of nitrogens with two attached hydrogens (primary N) is 1. The topological polar surface area (TPSA) is 163 Å². The molecule has 0 aromatic carbocycles. The number of carbonyl (C=O) groups is 1. The summed E-state index contributed by atoms with van der Waals surface area (Å²) in [5, 5.41) is 13.0. The number of anilines is 1. The van der Waals surface area contributed by atoms with Crippen molar-refractivity contribution in [2.45, 2.75) is 20.0 Å². The Morgan fingerprint density at radius 1 is 1.58 bits per heavy atom. The fraction of sp³-hybridized carbons (Fsp3) is 0.375. The number of hydrogen-bond donors (Lipinski definition) is 5. The number of nitrogens with one attached hydrogen (secondary N) is 4. The highest BCUT2D eigenvalue weighted by Crippen LogP contribution is 2.10. The minimum Gasteiger partial charge on any atom is -0.446 e. The average Bonchev–Trinajstić information content (AvgIpc) is 2.61. The summed E-state index contributed by atoms with van der Waals surface area (Å²) in [5.74, 6) is -0.506. The summed E-state index contributed by atoms with van der Waals surface area (Å²) in [6, 6.07) is 0. The van der Waals surface area contributed by atoms with Gasteiger partial charge in [0.1, 0.15) is 11.7 Å². The Labute approximate surface area is 109 Å². The monoisotopic (exact) mass is 290 g/mol. The van der Waals surface area contributed by atoms with E-state index in [-0.39, 0.29) is 17.2 Å². The highest BCUT2D eigenvalue weighted by atomic mass is 32.2. The number of rotatable bonds is 5. The van der Waals surface area contributed by atoms with Gasteiger partial charge >= 0.3 is 16.3 Å². The van der Waals surface area contributed by atoms with Crippen LogP contribution in [0.15, 0.2) is 6.20 Å². The Kier molecular flexibility index (Phi) is 4.32. The van der Waals surface area contributed by atoms with Crippen molar-refractivity contribution in [2.75, 3.05) is 4.72 Å². The third-order valence-corrected chi connectivity index (χ3v) is 2.63. The molecule has 11 heteroatoms. The van der Waals surface area contributed by atoms with Crippen LogP contribution in [-0.2, 0) is 14.9 Å². The van der Waals surface area contributed by atoms with Crippen molar-refractivity contribution >= 4 is 28.0 Å². The smallest absolute Gasteiger partial charge is 0.422 e. The second kappa shape index (κ2) is 5.56. The quantitative estimate of drug-likeness (QED) is 0.362. The average molecular weight is 290 g/mol. The number of H-pyrrole nitrogens is 1. The first-order valence-corrected chi connectivity index (χ1v) is 6.58. The second-order valence-corrected chi connectivity index (χ2v) is 5.15. The number of amides is 1. The van der Waals surface area contributed by atoms with Crippen LogP contribution < -0.4 is 15.2 Å². The Bertz CT molecular complexity index is 578. The van der Waals surface area contributed by atoms with E-state index in [1.54, 1.807) is 18.6 Å². The molecule has 0 aliphatic heterocycles. The number of aromatic nitrogens is 2. The van der Waals surface area contributed by atoms with Crippen LogP contribution in [0, 0.1) is 5.41 Å². The van der Waals surface area contributed by atoms with Crippen molar-refractivity contribution in [2.24, 2.45) is 5.73 Å². The molecule has 1 rings (SSSR count). The Balaban J connectivity index is 2.77. The SMILES string of the molecule is CC(C)OC(=O)NS(=O)(=O)Nc1[nH]ncc1C(=N)N. The van der Waals surface area contributed by atoms with E-state index in [0.717, 1.165) is 0 Å². The lowest BCUT2D eigenvalue weighted by molar-refractivity contribution is 0.121. The lowest BCUT2D eigenvalue weighted by Gasteiger charge is -2.11. The maximum absolute atomic E-state index is 11.6. The van der Waals surface area contributed by atoms with Crippen LogP contribution >= 0.6 is 0 Å². The van der Waals surface area contributed by atoms with Crippen LogP contribution in [0.2, 0.25) is 0 Å². The largest absolute Gasteiger partial charge is 0.446 e. The number of carbonyl (C=O) groups excluding carboxylic acids is 1. The van der Waals surface area contributed by atoms with Gasteiger partial charge < -0.3 is 10.5 Å². The molecule has 0 bridgehead atoms. The number of amidine groups is 1. The van der Waals surface area contributed by atoms with Crippen molar-refractivity contribution in [1.82, 2.24) is 14.9 Å². The molecule has 1 heterocycles. The third kappa shape index (κ3) is 4.46. The van der Waals surface area contributed by atoms with E-state index < -0.39 is 22.4 Å². The number of ether oxygens (including phenoxy) is 1. The molecule has 0 spiro atoms. The molecule has 1 aromatic rings. The first-order chi connectivity index (χ1) is 8.71. The summed E-state index contributed by atoms with van der Waals surface area (Å²) in [4.78, 5) is 11.2. The summed E-state index contributed by atoms with van der Waals surface area (Å²) < 4.78 is 31.4. The van der Waals surface area contributed by atoms with Crippen LogP contribution in [0.5, 0.6) is 0 Å². The molecule has 0 atom stereocenters. The van der Waals surface area contributed by atoms with Gasteiger partial charge in [-0.2, -0.15) is 13.5 Å². The molecular weight excluding hydrogens is 276 g/mol. The van der Waals surface area contributed by atoms with Gasteiger partial charge in [0.25, 0.3) is 0 Å². The van der Waals surface area contributed by atoms with E-state index in [4.69, 9.17) is 11.1 Å². The van der Waals surface area contributed by atoms with Gasteiger partial charge in [-0.15, -0.1) is 0 Å². The Hall–Kier alpha value is -2.30. The highest BCUT2D eigenvalue weighted by Gasteiger charge is 2.19. The summed E-state index contributed by atoms with van der Waals surface area (Å²) in [7, 11) is -4.20. The van der Waals surface area contributed by atoms with Gasteiger partial charge in [0.15, 0.2) is 0 Å². The molecule has 1 amide bonds. The highest BCUT2D eigenvalue weighted by molar-refractivity contribution is 7.91. The molecule has 0 aliphatic rings. The molecular formula is C8H14N6O4S. The van der Waals surface area contributed by atoms with Crippen molar-refractivity contribution in [1.29, 1.82) is 5.41 Å². The van der Waals surface area contributed by atoms with Gasteiger partial charge in [-0.3, -0.25) is 10.5 Å². The van der Waals surface area contributed by atoms with Gasteiger partial charge in [0.2, 0.25) is 0 Å². The van der Waals surface area contributed by atoms with Crippen LogP contribution in [0.1, 0.15) is 19.4 Å². The normalized spacial score (nSPS) is 11.1. The molecule has 0 unspecified atom stereocenters. The maximum Gasteiger partial charge on any atom is 0.422 e. The summed E-state index contributed by atoms with van der Waals surface area (Å²) in [6.45, 7) is 3.14. The molecule has 6 N–H and O–H groups in total. The molecule has 0 saturated heterocycles. The van der Waals surface area contributed by atoms with Gasteiger partial charge in [-0.1, -0.05) is 0 Å². The summed E-state index contributed by atoms with van der Waals surface area (Å²) in [5.41, 5.74) is 5.28. The lowest BCUT2D eigenvalue weighted by atomic mass is 10.3. The molecule has 106 valence electrons. The number of nitrogen functional groups attached to an aromatic ring is 1. The van der Waals surface area contributed by atoms with Crippen molar-refractivity contribution in [3.05, 3.63) is 11.8 Å². The van der Waals surface area contributed by atoms with Crippen molar-refractivity contribution in [3.63, 3.8) is 0 Å². The van der Waals surface area contributed by atoms with E-state index in [2.05, 4.69) is 14.9 Å². The predicted octanol–water partition coefficient (Wildman–Crippen LogP) is -0.515. The third-order valence-electron chi connectivity index (χ3n) is 1.73. The first-order valence-electron chi connectivity index (χ1n) is 5.10. The van der Waals surface area contributed by atoms with Crippen LogP contribution in [0.3, 0.4) is 0 Å². The van der Waals surface area contributed by atoms with Gasteiger partial charge in [0, 0.05) is 0 Å². The fourth-order valence-electron chi connectivity index (χ4n) is 1.08. The van der Waals surface area contributed by atoms with Crippen molar-refractivity contribution in [3.8, 4) is 0 Å². The molecule has 0 fully saturated rings. The van der Waals surface area contributed by atoms with Crippen molar-refractivity contribution < 1.29 is 17.9 Å². The minimum atomic E-state index is -4.20. The minimum absolute atomic E-state index is 0.0580.